The van der Waals surface area contributed by atoms with Crippen molar-refractivity contribution in [1.29, 1.82) is 0 Å². The fourth-order valence-corrected chi connectivity index (χ4v) is 3.15. The van der Waals surface area contributed by atoms with Crippen LogP contribution in [0.15, 0.2) is 29.2 Å². The maximum absolute atomic E-state index is 12.0. The molecular weight excluding hydrogens is 318 g/mol. The first-order valence-electron chi connectivity index (χ1n) is 7.53. The summed E-state index contributed by atoms with van der Waals surface area (Å²) in [6, 6.07) is 5.74. The van der Waals surface area contributed by atoms with E-state index in [0.29, 0.717) is 31.5 Å². The van der Waals surface area contributed by atoms with Crippen LogP contribution in [0.25, 0.3) is 0 Å². The number of hydrogen-bond donors (Lipinski definition) is 2. The lowest BCUT2D eigenvalue weighted by Gasteiger charge is -2.15. The third-order valence-corrected chi connectivity index (χ3v) is 5.19. The predicted molar refractivity (Wildman–Crippen MR) is 85.5 cm³/mol. The molecule has 1 aliphatic rings. The van der Waals surface area contributed by atoms with E-state index in [1.54, 1.807) is 0 Å². The van der Waals surface area contributed by atoms with Crippen molar-refractivity contribution in [2.45, 2.75) is 24.2 Å². The number of amides is 2. The quantitative estimate of drug-likeness (QED) is 0.700. The zero-order valence-electron chi connectivity index (χ0n) is 13.0. The van der Waals surface area contributed by atoms with Crippen LogP contribution in [-0.4, -0.2) is 51.8 Å². The summed E-state index contributed by atoms with van der Waals surface area (Å²) < 4.78 is 25.4. The lowest BCUT2D eigenvalue weighted by atomic mass is 10.2. The molecule has 2 rings (SSSR count). The Labute approximate surface area is 136 Å². The van der Waals surface area contributed by atoms with Crippen LogP contribution in [0, 0.1) is 0 Å². The maximum Gasteiger partial charge on any atom is 0.251 e. The van der Waals surface area contributed by atoms with Gasteiger partial charge in [-0.05, 0) is 44.2 Å². The Balaban J connectivity index is 1.80. The van der Waals surface area contributed by atoms with E-state index in [1.807, 2.05) is 4.90 Å². The summed E-state index contributed by atoms with van der Waals surface area (Å²) in [6.45, 7) is 1.92. The van der Waals surface area contributed by atoms with Crippen molar-refractivity contribution >= 4 is 21.8 Å². The summed E-state index contributed by atoms with van der Waals surface area (Å²) in [5, 5.41) is 2.77. The van der Waals surface area contributed by atoms with Crippen LogP contribution < -0.4 is 10.0 Å². The summed E-state index contributed by atoms with van der Waals surface area (Å²) in [4.78, 5) is 25.3. The lowest BCUT2D eigenvalue weighted by Crippen LogP contribution is -2.30. The van der Waals surface area contributed by atoms with Crippen molar-refractivity contribution in [1.82, 2.24) is 14.9 Å². The minimum absolute atomic E-state index is 0.115. The van der Waals surface area contributed by atoms with Crippen LogP contribution in [0.5, 0.6) is 0 Å². The van der Waals surface area contributed by atoms with Crippen LogP contribution in [-0.2, 0) is 14.8 Å². The first-order chi connectivity index (χ1) is 10.9. The van der Waals surface area contributed by atoms with Gasteiger partial charge in [0.25, 0.3) is 5.91 Å². The highest BCUT2D eigenvalue weighted by atomic mass is 32.2. The molecule has 0 spiro atoms. The van der Waals surface area contributed by atoms with E-state index in [0.717, 1.165) is 13.0 Å². The van der Waals surface area contributed by atoms with Crippen molar-refractivity contribution in [2.24, 2.45) is 0 Å². The number of rotatable bonds is 7. The normalized spacial score (nSPS) is 15.0. The molecule has 0 bridgehead atoms. The molecule has 8 heteroatoms. The van der Waals surface area contributed by atoms with Gasteiger partial charge in [0.2, 0.25) is 15.9 Å². The molecule has 1 aliphatic heterocycles. The smallest absolute Gasteiger partial charge is 0.251 e. The van der Waals surface area contributed by atoms with Gasteiger partial charge < -0.3 is 10.2 Å². The monoisotopic (exact) mass is 339 g/mol. The third-order valence-electron chi connectivity index (χ3n) is 3.76. The Kier molecular flexibility index (Phi) is 5.73. The van der Waals surface area contributed by atoms with Gasteiger partial charge in [0.15, 0.2) is 0 Å². The van der Waals surface area contributed by atoms with Crippen molar-refractivity contribution in [3.8, 4) is 0 Å². The molecule has 0 radical (unpaired) electrons. The van der Waals surface area contributed by atoms with Crippen LogP contribution >= 0.6 is 0 Å². The zero-order chi connectivity index (χ0) is 16.9. The van der Waals surface area contributed by atoms with Gasteiger partial charge in [-0.25, -0.2) is 13.1 Å². The second-order valence-electron chi connectivity index (χ2n) is 5.33. The minimum Gasteiger partial charge on any atom is -0.352 e. The maximum atomic E-state index is 12.0. The fraction of sp³-hybridized carbons (Fsp3) is 0.467. The summed E-state index contributed by atoms with van der Waals surface area (Å²) >= 11 is 0. The Bertz CT molecular complexity index is 670. The molecule has 1 heterocycles. The molecule has 2 amide bonds. The van der Waals surface area contributed by atoms with E-state index >= 15 is 0 Å². The Morgan fingerprint density at radius 2 is 1.96 bits per heavy atom. The Morgan fingerprint density at radius 3 is 2.52 bits per heavy atom. The Hall–Kier alpha value is -1.93. The zero-order valence-corrected chi connectivity index (χ0v) is 13.9. The van der Waals surface area contributed by atoms with Crippen molar-refractivity contribution in [3.63, 3.8) is 0 Å². The predicted octanol–water partition coefficient (Wildman–Crippen LogP) is 0.337. The molecule has 0 atom stereocenters. The highest BCUT2D eigenvalue weighted by Crippen LogP contribution is 2.11. The average Bonchev–Trinajstić information content (AvgIpc) is 2.96. The fourth-order valence-electron chi connectivity index (χ4n) is 2.42. The van der Waals surface area contributed by atoms with Crippen molar-refractivity contribution in [3.05, 3.63) is 29.8 Å². The third kappa shape index (κ3) is 4.52. The van der Waals surface area contributed by atoms with E-state index < -0.39 is 10.0 Å². The van der Waals surface area contributed by atoms with Gasteiger partial charge in [0.05, 0.1) is 4.90 Å². The van der Waals surface area contributed by atoms with E-state index in [-0.39, 0.29) is 16.7 Å². The van der Waals surface area contributed by atoms with E-state index in [1.165, 1.54) is 31.3 Å². The van der Waals surface area contributed by atoms with Crippen molar-refractivity contribution in [2.75, 3.05) is 26.7 Å². The number of carbonyl (C=O) groups is 2. The minimum atomic E-state index is -3.50. The van der Waals surface area contributed by atoms with Crippen LogP contribution in [0.4, 0.5) is 0 Å². The van der Waals surface area contributed by atoms with Crippen LogP contribution in [0.2, 0.25) is 0 Å². The number of carbonyl (C=O) groups excluding carboxylic acids is 2. The molecule has 0 aromatic heterocycles. The summed E-state index contributed by atoms with van der Waals surface area (Å²) in [7, 11) is -2.16. The van der Waals surface area contributed by atoms with Crippen molar-refractivity contribution < 1.29 is 18.0 Å². The molecule has 1 saturated heterocycles. The number of nitrogens with one attached hydrogen (secondary N) is 2. The van der Waals surface area contributed by atoms with Gasteiger partial charge in [0.1, 0.15) is 0 Å². The highest BCUT2D eigenvalue weighted by molar-refractivity contribution is 7.89. The number of benzene rings is 1. The number of likely N-dealkylation sites (tertiary alicyclic amines) is 1. The number of nitrogens with zero attached hydrogens (tertiary/aromatic N) is 1. The molecule has 7 nitrogen and oxygen atoms in total. The molecular formula is C15H21N3O4S. The number of sulfonamides is 1. The van der Waals surface area contributed by atoms with E-state index in [4.69, 9.17) is 0 Å². The van der Waals surface area contributed by atoms with Crippen LogP contribution in [0.3, 0.4) is 0 Å². The first-order valence-corrected chi connectivity index (χ1v) is 9.02. The van der Waals surface area contributed by atoms with Gasteiger partial charge in [-0.2, -0.15) is 0 Å². The summed E-state index contributed by atoms with van der Waals surface area (Å²) in [6.07, 6.45) is 2.23. The van der Waals surface area contributed by atoms with E-state index in [2.05, 4.69) is 10.0 Å². The molecule has 126 valence electrons. The summed E-state index contributed by atoms with van der Waals surface area (Å²) in [5.74, 6) is -0.0798. The standard InChI is InChI=1S/C15H21N3O4S/c1-16-23(21,22)13-7-5-12(6-8-13)15(20)17-9-3-11-18-10-2-4-14(18)19/h5-8,16H,2-4,9-11H2,1H3,(H,17,20). The van der Waals surface area contributed by atoms with Gasteiger partial charge in [0, 0.05) is 31.6 Å². The lowest BCUT2D eigenvalue weighted by molar-refractivity contribution is -0.127. The number of hydrogen-bond acceptors (Lipinski definition) is 4. The van der Waals surface area contributed by atoms with E-state index in [9.17, 15) is 18.0 Å². The second-order valence-corrected chi connectivity index (χ2v) is 7.21. The Morgan fingerprint density at radius 1 is 1.26 bits per heavy atom. The van der Waals surface area contributed by atoms with Gasteiger partial charge in [-0.3, -0.25) is 9.59 Å². The molecule has 1 aromatic carbocycles. The molecule has 1 fully saturated rings. The molecule has 0 saturated carbocycles. The SMILES string of the molecule is CNS(=O)(=O)c1ccc(C(=O)NCCCN2CCCC2=O)cc1. The van der Waals surface area contributed by atoms with Gasteiger partial charge in [-0.1, -0.05) is 0 Å². The average molecular weight is 339 g/mol. The molecule has 23 heavy (non-hydrogen) atoms. The summed E-state index contributed by atoms with van der Waals surface area (Å²) in [5.41, 5.74) is 0.400. The highest BCUT2D eigenvalue weighted by Gasteiger charge is 2.19. The molecule has 2 N–H and O–H groups in total. The van der Waals surface area contributed by atoms with Crippen LogP contribution in [0.1, 0.15) is 29.6 Å². The first kappa shape index (κ1) is 17.4. The largest absolute Gasteiger partial charge is 0.352 e. The topological polar surface area (TPSA) is 95.6 Å². The van der Waals surface area contributed by atoms with Gasteiger partial charge in [-0.15, -0.1) is 0 Å². The second kappa shape index (κ2) is 7.56. The van der Waals surface area contributed by atoms with Gasteiger partial charge >= 0.3 is 0 Å². The molecule has 0 aliphatic carbocycles. The molecule has 0 unspecified atom stereocenters. The molecule has 1 aromatic rings.